The summed E-state index contributed by atoms with van der Waals surface area (Å²) in [6.45, 7) is 28.2. The first kappa shape index (κ1) is 97.0. The molecule has 0 fully saturated rings. The van der Waals surface area contributed by atoms with Crippen molar-refractivity contribution in [3.63, 3.8) is 0 Å². The Morgan fingerprint density at radius 2 is 0.735 bits per heavy atom. The molecule has 0 N–H and O–H groups in total. The van der Waals surface area contributed by atoms with Crippen LogP contribution in [0, 0.1) is 89.3 Å². The molecule has 0 saturated carbocycles. The van der Waals surface area contributed by atoms with E-state index >= 15 is 0 Å². The minimum atomic E-state index is 0. The Morgan fingerprint density at radius 3 is 1.23 bits per heavy atom. The van der Waals surface area contributed by atoms with Gasteiger partial charge in [0.05, 0.1) is 11.5 Å². The van der Waals surface area contributed by atoms with Crippen molar-refractivity contribution in [3.05, 3.63) is 433 Å². The average Bonchev–Trinajstić information content (AvgIpc) is 1.62. The van der Waals surface area contributed by atoms with Gasteiger partial charge in [-0.25, -0.2) is 0 Å². The first-order chi connectivity index (χ1) is 62.7. The number of para-hydroxylation sites is 1. The quantitative estimate of drug-likeness (QED) is 0.124. The Hall–Kier alpha value is -12.6. The Morgan fingerprint density at radius 1 is 0.311 bits per heavy atom. The van der Waals surface area contributed by atoms with Gasteiger partial charge in [-0.3, -0.25) is 0 Å². The van der Waals surface area contributed by atoms with Gasteiger partial charge in [0.1, 0.15) is 11.5 Å². The van der Waals surface area contributed by atoms with Crippen LogP contribution in [0.3, 0.4) is 0 Å². The van der Waals surface area contributed by atoms with Crippen molar-refractivity contribution in [2.45, 2.75) is 119 Å². The molecule has 18 aromatic rings. The molecule has 8 nitrogen and oxygen atoms in total. The number of hydrogen-bond donors (Lipinski definition) is 0. The maximum atomic E-state index is 6.44. The monoisotopic (exact) mass is 2270 g/mol. The van der Waals surface area contributed by atoms with Crippen LogP contribution in [0.5, 0.6) is 23.0 Å². The molecule has 12 aromatic carbocycles. The third-order valence-electron chi connectivity index (χ3n) is 22.5. The summed E-state index contributed by atoms with van der Waals surface area (Å²) in [5.74, 6) is 4.55. The molecule has 132 heavy (non-hydrogen) atoms. The summed E-state index contributed by atoms with van der Waals surface area (Å²) >= 11 is 1.83. The molecule has 3 aliphatic heterocycles. The van der Waals surface area contributed by atoms with Crippen molar-refractivity contribution in [2.24, 2.45) is 11.3 Å². The summed E-state index contributed by atoms with van der Waals surface area (Å²) in [5.41, 5.74) is 37.5. The van der Waals surface area contributed by atoms with Crippen LogP contribution in [0.25, 0.3) is 134 Å². The number of rotatable bonds is 10. The third-order valence-corrected chi connectivity index (χ3v) is 23.6. The summed E-state index contributed by atoms with van der Waals surface area (Å²) in [6.07, 6.45) is 13.4. The van der Waals surface area contributed by atoms with Crippen molar-refractivity contribution in [1.29, 1.82) is 0 Å². The van der Waals surface area contributed by atoms with Gasteiger partial charge in [-0.1, -0.05) is 257 Å². The number of aryl methyl sites for hydroxylation is 6. The summed E-state index contributed by atoms with van der Waals surface area (Å²) in [7, 11) is 0. The zero-order valence-electron chi connectivity index (χ0n) is 76.4. The zero-order valence-corrected chi connectivity index (χ0v) is 84.4. The Balaban J connectivity index is 0.000000139. The third kappa shape index (κ3) is 24.0. The van der Waals surface area contributed by atoms with Crippen molar-refractivity contribution in [1.82, 2.24) is 29.9 Å². The van der Waals surface area contributed by atoms with Gasteiger partial charge in [0.25, 0.3) is 0 Å². The van der Waals surface area contributed by atoms with E-state index in [9.17, 15) is 0 Å². The van der Waals surface area contributed by atoms with Crippen molar-refractivity contribution >= 4 is 11.8 Å². The van der Waals surface area contributed by atoms with E-state index in [1.54, 1.807) is 0 Å². The number of hydrogen-bond acceptors (Lipinski definition) is 9. The van der Waals surface area contributed by atoms with E-state index in [-0.39, 0.29) is 65.7 Å². The molecule has 3 radical (unpaired) electrons. The van der Waals surface area contributed by atoms with Crippen LogP contribution in [-0.4, -0.2) is 29.9 Å². The Labute approximate surface area is 824 Å². The van der Waals surface area contributed by atoms with E-state index in [2.05, 4.69) is 342 Å². The Bertz CT molecular complexity index is 6750. The van der Waals surface area contributed by atoms with Gasteiger partial charge < -0.3 is 39.4 Å². The smallest absolute Gasteiger partial charge is 0.125 e. The second kappa shape index (κ2) is 45.0. The molecule has 0 atom stereocenters. The summed E-state index contributed by atoms with van der Waals surface area (Å²) in [4.78, 5) is 29.4. The van der Waals surface area contributed by atoms with Crippen LogP contribution in [0.15, 0.2) is 356 Å². The normalized spacial score (nSPS) is 11.2. The predicted octanol–water partition coefficient (Wildman–Crippen LogP) is 31.7. The maximum absolute atomic E-state index is 6.44. The first-order valence-electron chi connectivity index (χ1n) is 44.0. The molecule has 0 saturated heterocycles. The molecule has 9 heterocycles. The van der Waals surface area contributed by atoms with Gasteiger partial charge >= 0.3 is 0 Å². The van der Waals surface area contributed by atoms with Gasteiger partial charge in [0, 0.05) is 114 Å². The van der Waals surface area contributed by atoms with E-state index in [1.165, 1.54) is 98.8 Å². The van der Waals surface area contributed by atoms with Crippen molar-refractivity contribution in [2.75, 3.05) is 0 Å². The molecule has 0 spiro atoms. The summed E-state index contributed by atoms with van der Waals surface area (Å²) in [5, 5.41) is 0. The molecular weight excluding hydrogens is 2170 g/mol. The molecule has 0 aliphatic carbocycles. The van der Waals surface area contributed by atoms with Crippen molar-refractivity contribution in [3.8, 4) is 157 Å². The van der Waals surface area contributed by atoms with E-state index in [0.717, 1.165) is 131 Å². The molecular formula is C120H102Ir3N6O2S-6. The molecule has 3 aliphatic rings. The standard InChI is InChI=1S/C29H26NO.C28H24NO.C27H22NS.3C12H10N.3Ir/c1-19-8-7-11-24-22-9-5-6-10-23(22)25-17-21(12-13-27(25)31-28(19)24)26-16-20(14-15-30-26)18-29(2,3)4;1-18(2)14-20-12-13-29-26(16-20)21-9-11-27-25(17-21)23-7-5-4-6-22(23)24-10-8-19(3)15-28(24)30-27;1-17(2)19-13-14-28-24(16-19)20-11-12-25-23(15-20)21-8-4-5-9-22(21)27-18(3)7-6-10-26(27)29-25;3*1-10-7-8-12(13-9-10)11-5-3-2-4-6-11;;;/h5-11,13-17H,18H2,1-4H3;4-8,10-13,15-18H,14H2,1-3H3;4-10,12-17H,1-3H3;3*2-5,7-9H,1H3;;;/q6*-1;;;. The number of pyridine rings is 6. The number of fused-ring (bicyclic) bond motifs is 15. The van der Waals surface area contributed by atoms with E-state index < -0.39 is 0 Å². The first-order valence-corrected chi connectivity index (χ1v) is 44.8. The van der Waals surface area contributed by atoms with Gasteiger partial charge in [0.15, 0.2) is 0 Å². The van der Waals surface area contributed by atoms with Gasteiger partial charge in [-0.05, 0) is 208 Å². The number of benzene rings is 12. The molecule has 0 amide bonds. The Kier molecular flexibility index (Phi) is 33.1. The van der Waals surface area contributed by atoms with Crippen LogP contribution in [0.1, 0.15) is 104 Å². The molecule has 0 unspecified atom stereocenters. The van der Waals surface area contributed by atoms with Crippen LogP contribution >= 0.6 is 11.8 Å². The largest absolute Gasteiger partial charge is 0.500 e. The van der Waals surface area contributed by atoms with Gasteiger partial charge in [-0.2, -0.15) is 0 Å². The second-order valence-electron chi connectivity index (χ2n) is 34.8. The number of nitrogens with zero attached hydrogens (tertiary/aromatic N) is 6. The van der Waals surface area contributed by atoms with Crippen LogP contribution in [-0.2, 0) is 73.2 Å². The maximum Gasteiger partial charge on any atom is 0.125 e. The van der Waals surface area contributed by atoms with E-state index in [0.29, 0.717) is 11.8 Å². The van der Waals surface area contributed by atoms with Gasteiger partial charge in [-0.15, -0.1) is 191 Å². The van der Waals surface area contributed by atoms with E-state index in [4.69, 9.17) is 9.47 Å². The van der Waals surface area contributed by atoms with Gasteiger partial charge in [0.2, 0.25) is 0 Å². The van der Waals surface area contributed by atoms with Crippen LogP contribution in [0.4, 0.5) is 0 Å². The fourth-order valence-electron chi connectivity index (χ4n) is 16.0. The minimum absolute atomic E-state index is 0. The fraction of sp³-hybridized carbons (Fsp3) is 0.150. The molecule has 6 aromatic heterocycles. The molecule has 12 heteroatoms. The van der Waals surface area contributed by atoms with Crippen LogP contribution in [0.2, 0.25) is 0 Å². The van der Waals surface area contributed by atoms with E-state index in [1.807, 2.05) is 173 Å². The topological polar surface area (TPSA) is 95.8 Å². The number of aromatic nitrogens is 6. The minimum Gasteiger partial charge on any atom is -0.500 e. The fourth-order valence-corrected chi connectivity index (χ4v) is 17.2. The number of ether oxygens (including phenoxy) is 2. The SMILES string of the molecule is Cc1ccc(-c2[c-]cccc2)nc1.Cc1ccc(-c2[c-]cccc2)nc1.Cc1ccc(-c2[c-]cccc2)nc1.Cc1ccc2c(c1)Oc1c[c-]c(-c3cc(CC(C)C)ccn3)cc1-c1ccccc1-2.Cc1cccc2c1-c1ccccc1-c1cc(-c3cc(C(C)C)ccn3)[c-]cc1S2.Cc1cccc2c1Oc1c[c-]c(-c3cc(CC(C)(C)C)ccn3)cc1-c1ccccc1-2.[Ir].[Ir].[Ir]. The molecule has 663 valence electrons. The summed E-state index contributed by atoms with van der Waals surface area (Å²) in [6, 6.07) is 126. The molecule has 0 bridgehead atoms. The second-order valence-corrected chi connectivity index (χ2v) is 35.9. The molecule has 21 rings (SSSR count). The van der Waals surface area contributed by atoms with Crippen LogP contribution < -0.4 is 9.47 Å². The predicted molar refractivity (Wildman–Crippen MR) is 532 cm³/mol. The average molecular weight is 2270 g/mol. The van der Waals surface area contributed by atoms with Crippen molar-refractivity contribution < 1.29 is 69.8 Å². The zero-order chi connectivity index (χ0) is 89.5. The summed E-state index contributed by atoms with van der Waals surface area (Å²) < 4.78 is 12.8.